The van der Waals surface area contributed by atoms with Gasteiger partial charge in [-0.15, -0.1) is 0 Å². The van der Waals surface area contributed by atoms with E-state index in [0.29, 0.717) is 18.6 Å². The van der Waals surface area contributed by atoms with Crippen molar-refractivity contribution in [2.75, 3.05) is 29.9 Å². The molecular weight excluding hydrogens is 340 g/mol. The van der Waals surface area contributed by atoms with E-state index in [9.17, 15) is 5.11 Å². The average molecular weight is 368 g/mol. The van der Waals surface area contributed by atoms with Crippen molar-refractivity contribution >= 4 is 11.6 Å². The number of aliphatic hydroxyl groups excluding tert-OH is 1. The second kappa shape index (κ2) is 8.57. The van der Waals surface area contributed by atoms with Gasteiger partial charge in [0.15, 0.2) is 0 Å². The zero-order chi connectivity index (χ0) is 18.5. The van der Waals surface area contributed by atoms with Crippen LogP contribution >= 0.6 is 0 Å². The number of rotatable bonds is 7. The maximum absolute atomic E-state index is 9.45. The van der Waals surface area contributed by atoms with Crippen molar-refractivity contribution in [3.05, 3.63) is 42.2 Å². The minimum absolute atomic E-state index is 0.241. The Morgan fingerprint density at radius 1 is 1.15 bits per heavy atom. The number of benzene rings is 1. The smallest absolute Gasteiger partial charge is 0.134 e. The first-order valence-corrected chi connectivity index (χ1v) is 9.98. The third kappa shape index (κ3) is 4.50. The van der Waals surface area contributed by atoms with E-state index in [2.05, 4.69) is 26.3 Å². The van der Waals surface area contributed by atoms with Crippen LogP contribution in [0.15, 0.2) is 36.7 Å². The summed E-state index contributed by atoms with van der Waals surface area (Å²) in [6.07, 6.45) is 7.73. The molecule has 4 rings (SSSR count). The number of hydrogen-bond donors (Lipinski definition) is 2. The van der Waals surface area contributed by atoms with Gasteiger partial charge in [-0.2, -0.15) is 0 Å². The summed E-state index contributed by atoms with van der Waals surface area (Å²) in [7, 11) is 0. The second-order valence-electron chi connectivity index (χ2n) is 7.53. The van der Waals surface area contributed by atoms with Gasteiger partial charge in [-0.1, -0.05) is 18.2 Å². The first kappa shape index (κ1) is 18.0. The van der Waals surface area contributed by atoms with Crippen molar-refractivity contribution in [3.8, 4) is 5.75 Å². The highest BCUT2D eigenvalue weighted by Gasteiger charge is 2.21. The molecule has 2 heterocycles. The fourth-order valence-corrected chi connectivity index (χ4v) is 3.66. The molecule has 1 aliphatic carbocycles. The van der Waals surface area contributed by atoms with Crippen molar-refractivity contribution in [3.63, 3.8) is 0 Å². The minimum Gasteiger partial charge on any atom is -0.490 e. The minimum atomic E-state index is 0.241. The predicted molar refractivity (Wildman–Crippen MR) is 106 cm³/mol. The van der Waals surface area contributed by atoms with Crippen LogP contribution in [0.5, 0.6) is 5.75 Å². The molecule has 0 amide bonds. The Hall–Kier alpha value is -2.34. The summed E-state index contributed by atoms with van der Waals surface area (Å²) < 4.78 is 6.11. The van der Waals surface area contributed by atoms with Crippen LogP contribution in [0.3, 0.4) is 0 Å². The van der Waals surface area contributed by atoms with Crippen LogP contribution in [0.4, 0.5) is 11.6 Å². The Morgan fingerprint density at radius 2 is 2.04 bits per heavy atom. The van der Waals surface area contributed by atoms with E-state index < -0.39 is 0 Å². The first-order valence-electron chi connectivity index (χ1n) is 9.98. The number of aromatic nitrogens is 2. The molecule has 6 heteroatoms. The Bertz CT molecular complexity index is 750. The number of hydrogen-bond acceptors (Lipinski definition) is 6. The normalized spacial score (nSPS) is 20.2. The van der Waals surface area contributed by atoms with E-state index in [-0.39, 0.29) is 6.61 Å². The van der Waals surface area contributed by atoms with Crippen molar-refractivity contribution in [1.29, 1.82) is 0 Å². The van der Waals surface area contributed by atoms with E-state index in [1.54, 1.807) is 6.33 Å². The van der Waals surface area contributed by atoms with E-state index in [0.717, 1.165) is 61.7 Å². The van der Waals surface area contributed by atoms with E-state index in [4.69, 9.17) is 4.74 Å². The molecule has 2 N–H and O–H groups in total. The Balaban J connectivity index is 1.40. The number of piperidine rings is 1. The third-order valence-electron chi connectivity index (χ3n) is 5.53. The van der Waals surface area contributed by atoms with Crippen LogP contribution in [-0.4, -0.2) is 40.9 Å². The van der Waals surface area contributed by atoms with Gasteiger partial charge in [-0.3, -0.25) is 0 Å². The standard InChI is InChI=1S/C21H28N4O2/c26-14-16-5-4-10-25(13-16)21-11-20(23-15-24-21)22-12-17-6-1-2-9-19(17)27-18-7-3-8-18/h1-2,6,9,11,15-16,18,26H,3-5,7-8,10,12-14H2,(H,22,23,24). The highest BCUT2D eigenvalue weighted by molar-refractivity contribution is 5.49. The average Bonchev–Trinajstić information content (AvgIpc) is 2.70. The fourth-order valence-electron chi connectivity index (χ4n) is 3.66. The summed E-state index contributed by atoms with van der Waals surface area (Å²) in [5, 5.41) is 12.9. The molecule has 144 valence electrons. The molecule has 1 aromatic carbocycles. The summed E-state index contributed by atoms with van der Waals surface area (Å²) in [5.41, 5.74) is 1.14. The van der Waals surface area contributed by atoms with Crippen LogP contribution in [0.1, 0.15) is 37.7 Å². The molecule has 1 saturated carbocycles. The zero-order valence-corrected chi connectivity index (χ0v) is 15.7. The maximum Gasteiger partial charge on any atom is 0.134 e. The molecular formula is C21H28N4O2. The number of anilines is 2. The van der Waals surface area contributed by atoms with E-state index in [1.165, 1.54) is 6.42 Å². The van der Waals surface area contributed by atoms with Crippen molar-refractivity contribution in [1.82, 2.24) is 9.97 Å². The Labute approximate surface area is 160 Å². The third-order valence-corrected chi connectivity index (χ3v) is 5.53. The van der Waals surface area contributed by atoms with Gasteiger partial charge < -0.3 is 20.1 Å². The van der Waals surface area contributed by atoms with Crippen LogP contribution < -0.4 is 15.0 Å². The number of nitrogens with zero attached hydrogens (tertiary/aromatic N) is 3. The molecule has 1 saturated heterocycles. The predicted octanol–water partition coefficient (Wildman–Crippen LogP) is 3.23. The van der Waals surface area contributed by atoms with Gasteiger partial charge in [-0.05, 0) is 44.1 Å². The molecule has 2 fully saturated rings. The van der Waals surface area contributed by atoms with Crippen molar-refractivity contribution in [2.24, 2.45) is 5.92 Å². The van der Waals surface area contributed by atoms with Crippen LogP contribution in [0, 0.1) is 5.92 Å². The lowest BCUT2D eigenvalue weighted by Crippen LogP contribution is -2.37. The monoisotopic (exact) mass is 368 g/mol. The highest BCUT2D eigenvalue weighted by atomic mass is 16.5. The summed E-state index contributed by atoms with van der Waals surface area (Å²) in [6, 6.07) is 10.2. The highest BCUT2D eigenvalue weighted by Crippen LogP contribution is 2.28. The summed E-state index contributed by atoms with van der Waals surface area (Å²) in [6.45, 7) is 2.74. The van der Waals surface area contributed by atoms with Crippen LogP contribution in [0.25, 0.3) is 0 Å². The molecule has 0 spiro atoms. The molecule has 2 aliphatic rings. The van der Waals surface area contributed by atoms with Gasteiger partial charge in [0.05, 0.1) is 6.10 Å². The van der Waals surface area contributed by atoms with Crippen LogP contribution in [-0.2, 0) is 6.54 Å². The summed E-state index contributed by atoms with van der Waals surface area (Å²) in [4.78, 5) is 11.0. The Kier molecular flexibility index (Phi) is 5.72. The number of aliphatic hydroxyl groups is 1. The lowest BCUT2D eigenvalue weighted by atomic mass is 9.96. The second-order valence-corrected chi connectivity index (χ2v) is 7.53. The van der Waals surface area contributed by atoms with E-state index >= 15 is 0 Å². The molecule has 1 aliphatic heterocycles. The number of para-hydroxylation sites is 1. The maximum atomic E-state index is 9.45. The van der Waals surface area contributed by atoms with Gasteiger partial charge in [0.25, 0.3) is 0 Å². The molecule has 1 aromatic heterocycles. The number of ether oxygens (including phenoxy) is 1. The molecule has 2 aromatic rings. The van der Waals surface area contributed by atoms with Crippen molar-refractivity contribution in [2.45, 2.75) is 44.8 Å². The molecule has 1 atom stereocenters. The lowest BCUT2D eigenvalue weighted by molar-refractivity contribution is 0.119. The topological polar surface area (TPSA) is 70.5 Å². The van der Waals surface area contributed by atoms with Gasteiger partial charge in [-0.25, -0.2) is 9.97 Å². The van der Waals surface area contributed by atoms with Gasteiger partial charge >= 0.3 is 0 Å². The largest absolute Gasteiger partial charge is 0.490 e. The first-order chi connectivity index (χ1) is 13.3. The fraction of sp³-hybridized carbons (Fsp3) is 0.524. The van der Waals surface area contributed by atoms with Gasteiger partial charge in [0.2, 0.25) is 0 Å². The molecule has 0 radical (unpaired) electrons. The van der Waals surface area contributed by atoms with Gasteiger partial charge in [0.1, 0.15) is 23.7 Å². The zero-order valence-electron chi connectivity index (χ0n) is 15.7. The summed E-state index contributed by atoms with van der Waals surface area (Å²) in [5.74, 6) is 3.03. The lowest BCUT2D eigenvalue weighted by Gasteiger charge is -2.32. The Morgan fingerprint density at radius 3 is 2.85 bits per heavy atom. The molecule has 6 nitrogen and oxygen atoms in total. The number of nitrogens with one attached hydrogen (secondary N) is 1. The summed E-state index contributed by atoms with van der Waals surface area (Å²) >= 11 is 0. The van der Waals surface area contributed by atoms with Crippen LogP contribution in [0.2, 0.25) is 0 Å². The quantitative estimate of drug-likeness (QED) is 0.782. The molecule has 1 unspecified atom stereocenters. The van der Waals surface area contributed by atoms with Crippen molar-refractivity contribution < 1.29 is 9.84 Å². The van der Waals surface area contributed by atoms with Gasteiger partial charge in [0, 0.05) is 37.9 Å². The molecule has 0 bridgehead atoms. The van der Waals surface area contributed by atoms with E-state index in [1.807, 2.05) is 24.3 Å². The SMILES string of the molecule is OCC1CCCN(c2cc(NCc3ccccc3OC3CCC3)ncn2)C1. The molecule has 27 heavy (non-hydrogen) atoms.